The first-order valence-electron chi connectivity index (χ1n) is 8.55. The zero-order chi connectivity index (χ0) is 20.3. The van der Waals surface area contributed by atoms with Crippen molar-refractivity contribution in [3.63, 3.8) is 0 Å². The van der Waals surface area contributed by atoms with Crippen LogP contribution in [-0.2, 0) is 19.6 Å². The zero-order valence-electron chi connectivity index (χ0n) is 15.0. The predicted octanol–water partition coefficient (Wildman–Crippen LogP) is 2.76. The van der Waals surface area contributed by atoms with E-state index in [-0.39, 0.29) is 18.0 Å². The summed E-state index contributed by atoms with van der Waals surface area (Å²) in [5.41, 5.74) is 1.70. The molecule has 0 saturated carbocycles. The van der Waals surface area contributed by atoms with Crippen molar-refractivity contribution in [3.8, 4) is 0 Å². The number of benzene rings is 2. The van der Waals surface area contributed by atoms with Gasteiger partial charge in [-0.2, -0.15) is 0 Å². The van der Waals surface area contributed by atoms with Crippen molar-refractivity contribution in [1.82, 2.24) is 9.62 Å². The number of nitrogens with zero attached hydrogens (tertiary/aromatic N) is 1. The second-order valence-corrected chi connectivity index (χ2v) is 9.22. The number of imide groups is 1. The van der Waals surface area contributed by atoms with Crippen molar-refractivity contribution < 1.29 is 22.7 Å². The molecule has 148 valence electrons. The van der Waals surface area contributed by atoms with Crippen LogP contribution >= 0.6 is 15.9 Å². The van der Waals surface area contributed by atoms with Crippen LogP contribution in [0.2, 0.25) is 0 Å². The summed E-state index contributed by atoms with van der Waals surface area (Å²) < 4.78 is 32.2. The number of aryl methyl sites for hydroxylation is 1. The topological polar surface area (TPSA) is 92.8 Å². The van der Waals surface area contributed by atoms with Crippen LogP contribution in [0.4, 0.5) is 4.79 Å². The molecule has 1 saturated heterocycles. The van der Waals surface area contributed by atoms with E-state index in [4.69, 9.17) is 4.74 Å². The maximum Gasteiger partial charge on any atom is 0.417 e. The molecule has 2 aromatic rings. The second kappa shape index (κ2) is 8.42. The van der Waals surface area contributed by atoms with Gasteiger partial charge in [-0.05, 0) is 24.6 Å². The van der Waals surface area contributed by atoms with E-state index >= 15 is 0 Å². The van der Waals surface area contributed by atoms with Crippen molar-refractivity contribution in [1.29, 1.82) is 0 Å². The lowest BCUT2D eigenvalue weighted by Gasteiger charge is -2.22. The number of nitrogens with one attached hydrogen (secondary N) is 1. The zero-order valence-corrected chi connectivity index (χ0v) is 17.4. The molecule has 28 heavy (non-hydrogen) atoms. The number of carbonyl (C=O) groups excluding carboxylic acids is 2. The lowest BCUT2D eigenvalue weighted by molar-refractivity contribution is -0.128. The Morgan fingerprint density at radius 1 is 1.21 bits per heavy atom. The molecule has 0 bridgehead atoms. The van der Waals surface area contributed by atoms with Gasteiger partial charge in [-0.15, -0.1) is 0 Å². The van der Waals surface area contributed by atoms with E-state index in [9.17, 15) is 18.0 Å². The monoisotopic (exact) mass is 466 g/mol. The SMILES string of the molecule is Cc1ccc(S(=O)(=O)NC[C@H](Br)C(=O)N2C(=O)OC[C@H]2c2ccccc2)cc1. The number of rotatable bonds is 6. The van der Waals surface area contributed by atoms with Gasteiger partial charge in [0.25, 0.3) is 0 Å². The van der Waals surface area contributed by atoms with Crippen molar-refractivity contribution in [2.45, 2.75) is 22.7 Å². The van der Waals surface area contributed by atoms with Gasteiger partial charge in [0, 0.05) is 6.54 Å². The molecule has 2 amide bonds. The molecule has 0 unspecified atom stereocenters. The van der Waals surface area contributed by atoms with Gasteiger partial charge in [-0.25, -0.2) is 22.8 Å². The van der Waals surface area contributed by atoms with Crippen molar-refractivity contribution >= 4 is 38.0 Å². The van der Waals surface area contributed by atoms with Crippen LogP contribution in [0.15, 0.2) is 59.5 Å². The van der Waals surface area contributed by atoms with Crippen LogP contribution < -0.4 is 4.72 Å². The Morgan fingerprint density at radius 3 is 2.50 bits per heavy atom. The van der Waals surface area contributed by atoms with Crippen LogP contribution in [0.25, 0.3) is 0 Å². The van der Waals surface area contributed by atoms with Crippen LogP contribution in [0.3, 0.4) is 0 Å². The van der Waals surface area contributed by atoms with Gasteiger partial charge in [0.05, 0.1) is 4.90 Å². The minimum Gasteiger partial charge on any atom is -0.446 e. The smallest absolute Gasteiger partial charge is 0.417 e. The molecule has 1 N–H and O–H groups in total. The quantitative estimate of drug-likeness (QED) is 0.660. The molecule has 7 nitrogen and oxygen atoms in total. The number of carbonyl (C=O) groups is 2. The van der Waals surface area contributed by atoms with E-state index in [0.717, 1.165) is 16.0 Å². The third kappa shape index (κ3) is 4.43. The molecule has 1 aliphatic rings. The number of cyclic esters (lactones) is 1. The van der Waals surface area contributed by atoms with E-state index in [0.29, 0.717) is 0 Å². The molecule has 9 heteroatoms. The normalized spacial score (nSPS) is 18.0. The van der Waals surface area contributed by atoms with Crippen LogP contribution in [0, 0.1) is 6.92 Å². The third-order valence-electron chi connectivity index (χ3n) is 4.35. The number of sulfonamides is 1. The Hall–Kier alpha value is -2.23. The van der Waals surface area contributed by atoms with E-state index in [1.165, 1.54) is 12.1 Å². The van der Waals surface area contributed by atoms with Crippen molar-refractivity contribution in [2.75, 3.05) is 13.2 Å². The standard InChI is InChI=1S/C19H19BrN2O5S/c1-13-7-9-15(10-8-13)28(25,26)21-11-16(20)18(23)22-17(12-27-19(22)24)14-5-3-2-4-6-14/h2-10,16-17,21H,11-12H2,1H3/t16-,17-/m0/s1. The highest BCUT2D eigenvalue weighted by Gasteiger charge is 2.41. The summed E-state index contributed by atoms with van der Waals surface area (Å²) in [5, 5.41) is 0. The molecule has 3 rings (SSSR count). The Balaban J connectivity index is 1.69. The fraction of sp³-hybridized carbons (Fsp3) is 0.263. The summed E-state index contributed by atoms with van der Waals surface area (Å²) in [6.45, 7) is 1.71. The Bertz CT molecular complexity index is 964. The van der Waals surface area contributed by atoms with Crippen LogP contribution in [0.5, 0.6) is 0 Å². The lowest BCUT2D eigenvalue weighted by atomic mass is 10.1. The van der Waals surface area contributed by atoms with Crippen LogP contribution in [0.1, 0.15) is 17.2 Å². The fourth-order valence-electron chi connectivity index (χ4n) is 2.81. The average molecular weight is 467 g/mol. The average Bonchev–Trinajstić information content (AvgIpc) is 3.08. The maximum absolute atomic E-state index is 12.8. The molecule has 1 aliphatic heterocycles. The molecule has 0 aromatic heterocycles. The summed E-state index contributed by atoms with van der Waals surface area (Å²) in [6, 6.07) is 14.9. The van der Waals surface area contributed by atoms with E-state index < -0.39 is 32.9 Å². The number of hydrogen-bond acceptors (Lipinski definition) is 5. The fourth-order valence-corrected chi connectivity index (χ4v) is 4.45. The molecule has 1 heterocycles. The summed E-state index contributed by atoms with van der Waals surface area (Å²) in [6.07, 6.45) is -0.746. The number of ether oxygens (including phenoxy) is 1. The van der Waals surface area contributed by atoms with Gasteiger partial charge in [0.1, 0.15) is 17.5 Å². The third-order valence-corrected chi connectivity index (χ3v) is 6.50. The van der Waals surface area contributed by atoms with E-state index in [1.807, 2.05) is 25.1 Å². The first-order chi connectivity index (χ1) is 13.3. The number of hydrogen-bond donors (Lipinski definition) is 1. The molecular weight excluding hydrogens is 448 g/mol. The molecular formula is C19H19BrN2O5S. The Morgan fingerprint density at radius 2 is 1.86 bits per heavy atom. The van der Waals surface area contributed by atoms with Gasteiger partial charge in [0.15, 0.2) is 0 Å². The van der Waals surface area contributed by atoms with Gasteiger partial charge in [0.2, 0.25) is 15.9 Å². The van der Waals surface area contributed by atoms with Gasteiger partial charge >= 0.3 is 6.09 Å². The minimum absolute atomic E-state index is 0.0589. The molecule has 1 fully saturated rings. The molecule has 0 aliphatic carbocycles. The molecule has 0 spiro atoms. The Labute approximate surface area is 171 Å². The first-order valence-corrected chi connectivity index (χ1v) is 10.9. The summed E-state index contributed by atoms with van der Waals surface area (Å²) in [7, 11) is -3.78. The highest BCUT2D eigenvalue weighted by atomic mass is 79.9. The summed E-state index contributed by atoms with van der Waals surface area (Å²) in [5.74, 6) is -0.567. The second-order valence-electron chi connectivity index (χ2n) is 6.34. The van der Waals surface area contributed by atoms with Gasteiger partial charge in [-0.3, -0.25) is 4.79 Å². The van der Waals surface area contributed by atoms with Gasteiger partial charge < -0.3 is 4.74 Å². The van der Waals surface area contributed by atoms with Crippen LogP contribution in [-0.4, -0.2) is 43.3 Å². The van der Waals surface area contributed by atoms with Gasteiger partial charge in [-0.1, -0.05) is 64.0 Å². The molecule has 2 aromatic carbocycles. The largest absolute Gasteiger partial charge is 0.446 e. The van der Waals surface area contributed by atoms with Crippen molar-refractivity contribution in [3.05, 3.63) is 65.7 Å². The van der Waals surface area contributed by atoms with E-state index in [1.54, 1.807) is 24.3 Å². The first kappa shape index (κ1) is 20.5. The maximum atomic E-state index is 12.8. The summed E-state index contributed by atoms with van der Waals surface area (Å²) in [4.78, 5) is 25.1. The minimum atomic E-state index is -3.78. The predicted molar refractivity (Wildman–Crippen MR) is 106 cm³/mol. The molecule has 0 radical (unpaired) electrons. The number of amides is 2. The molecule has 2 atom stereocenters. The van der Waals surface area contributed by atoms with Crippen molar-refractivity contribution in [2.24, 2.45) is 0 Å². The Kier molecular flexibility index (Phi) is 6.17. The number of alkyl halides is 1. The lowest BCUT2D eigenvalue weighted by Crippen LogP contribution is -2.43. The highest BCUT2D eigenvalue weighted by molar-refractivity contribution is 9.10. The highest BCUT2D eigenvalue weighted by Crippen LogP contribution is 2.29. The van der Waals surface area contributed by atoms with E-state index in [2.05, 4.69) is 20.7 Å². The number of halogens is 1. The summed E-state index contributed by atoms with van der Waals surface area (Å²) >= 11 is 3.19.